The molecule has 2 aromatic carbocycles. The quantitative estimate of drug-likeness (QED) is 0.249. The molecule has 0 aliphatic rings. The predicted octanol–water partition coefficient (Wildman–Crippen LogP) is 3.21. The molecule has 9 heteroatoms. The number of nitrogens with zero attached hydrogens (tertiary/aromatic N) is 1. The summed E-state index contributed by atoms with van der Waals surface area (Å²) in [4.78, 5) is 11.3. The summed E-state index contributed by atoms with van der Waals surface area (Å²) in [5.41, 5.74) is 2.47. The summed E-state index contributed by atoms with van der Waals surface area (Å²) >= 11 is 1.21. The first-order valence-corrected chi connectivity index (χ1v) is 11.1. The number of carbonyl (C=O) groups excluding carboxylic acids is 1. The molecular weight excluding hydrogens is 400 g/mol. The number of sulfonamides is 1. The number of nitrogens with one attached hydrogen (secondary N) is 1. The van der Waals surface area contributed by atoms with Crippen LogP contribution >= 0.6 is 11.9 Å². The number of carbonyl (C=O) groups is 1. The second kappa shape index (κ2) is 11.1. The summed E-state index contributed by atoms with van der Waals surface area (Å²) in [6.07, 6.45) is 1.39. The lowest BCUT2D eigenvalue weighted by molar-refractivity contribution is -0.129. The van der Waals surface area contributed by atoms with Gasteiger partial charge in [-0.3, -0.25) is 10.0 Å². The number of hydrogen-bond acceptors (Lipinski definition) is 6. The summed E-state index contributed by atoms with van der Waals surface area (Å²) in [6.45, 7) is 0.233. The standard InChI is InChI=1S/C19H24N2O5S2/c1-26-17-10-12-18(13-11-17)28(24,25)21(15-16-7-3-2-4-8-16)27-14-6-5-9-19(22)20-23/h2-4,7-8,10-13,23H,5-6,9,14-15H2,1H3,(H,20,22). The van der Waals surface area contributed by atoms with Crippen LogP contribution in [0.1, 0.15) is 24.8 Å². The van der Waals surface area contributed by atoms with Crippen LogP contribution in [-0.2, 0) is 21.4 Å². The van der Waals surface area contributed by atoms with Crippen LogP contribution in [0.4, 0.5) is 0 Å². The van der Waals surface area contributed by atoms with Crippen LogP contribution in [0.25, 0.3) is 0 Å². The molecule has 0 radical (unpaired) electrons. The largest absolute Gasteiger partial charge is 0.497 e. The first kappa shape index (κ1) is 22.2. The molecule has 0 aliphatic carbocycles. The third-order valence-electron chi connectivity index (χ3n) is 3.94. The zero-order valence-electron chi connectivity index (χ0n) is 15.6. The molecule has 0 bridgehead atoms. The van der Waals surface area contributed by atoms with E-state index in [4.69, 9.17) is 9.94 Å². The van der Waals surface area contributed by atoms with Crippen molar-refractivity contribution in [3.05, 3.63) is 60.2 Å². The summed E-state index contributed by atoms with van der Waals surface area (Å²) in [5.74, 6) is 0.668. The molecule has 7 nitrogen and oxygen atoms in total. The zero-order valence-corrected chi connectivity index (χ0v) is 17.2. The number of rotatable bonds is 11. The van der Waals surface area contributed by atoms with Gasteiger partial charge >= 0.3 is 0 Å². The normalized spacial score (nSPS) is 11.4. The Bertz CT molecular complexity index is 842. The number of amides is 1. The second-order valence-corrected chi connectivity index (χ2v) is 9.15. The maximum atomic E-state index is 13.1. The van der Waals surface area contributed by atoms with Crippen LogP contribution in [0.15, 0.2) is 59.5 Å². The molecule has 0 aromatic heterocycles. The lowest BCUT2D eigenvalue weighted by atomic mass is 10.2. The van der Waals surface area contributed by atoms with E-state index in [1.54, 1.807) is 17.6 Å². The van der Waals surface area contributed by atoms with Crippen LogP contribution < -0.4 is 10.2 Å². The van der Waals surface area contributed by atoms with E-state index in [9.17, 15) is 13.2 Å². The Morgan fingerprint density at radius 1 is 1.11 bits per heavy atom. The molecule has 0 heterocycles. The van der Waals surface area contributed by atoms with Crippen LogP contribution in [0.5, 0.6) is 5.75 Å². The van der Waals surface area contributed by atoms with Crippen LogP contribution in [0.3, 0.4) is 0 Å². The first-order valence-electron chi connectivity index (χ1n) is 8.74. The monoisotopic (exact) mass is 424 g/mol. The number of hydroxylamine groups is 1. The van der Waals surface area contributed by atoms with Crippen molar-refractivity contribution in [2.75, 3.05) is 12.9 Å². The van der Waals surface area contributed by atoms with Gasteiger partial charge in [-0.05, 0) is 42.7 Å². The van der Waals surface area contributed by atoms with Crippen LogP contribution in [0.2, 0.25) is 0 Å². The van der Waals surface area contributed by atoms with Gasteiger partial charge in [0.2, 0.25) is 5.91 Å². The number of benzene rings is 2. The van der Waals surface area contributed by atoms with Crippen molar-refractivity contribution in [2.24, 2.45) is 0 Å². The van der Waals surface area contributed by atoms with Gasteiger partial charge in [0.25, 0.3) is 10.0 Å². The molecule has 0 spiro atoms. The Kier molecular flexibility index (Phi) is 8.78. The van der Waals surface area contributed by atoms with Gasteiger partial charge in [-0.25, -0.2) is 13.9 Å². The van der Waals surface area contributed by atoms with E-state index < -0.39 is 15.9 Å². The second-order valence-electron chi connectivity index (χ2n) is 5.95. The highest BCUT2D eigenvalue weighted by Gasteiger charge is 2.25. The lowest BCUT2D eigenvalue weighted by Crippen LogP contribution is -2.25. The predicted molar refractivity (Wildman–Crippen MR) is 108 cm³/mol. The molecule has 2 N–H and O–H groups in total. The average Bonchev–Trinajstić information content (AvgIpc) is 2.73. The van der Waals surface area contributed by atoms with Crippen molar-refractivity contribution in [1.29, 1.82) is 0 Å². The fourth-order valence-corrected chi connectivity index (χ4v) is 5.26. The molecule has 0 saturated carbocycles. The third kappa shape index (κ3) is 6.52. The Hall–Kier alpha value is -2.07. The van der Waals surface area contributed by atoms with Gasteiger partial charge < -0.3 is 4.74 Å². The molecule has 0 atom stereocenters. The fraction of sp³-hybridized carbons (Fsp3) is 0.316. The summed E-state index contributed by atoms with van der Waals surface area (Å²) in [7, 11) is -2.19. The topological polar surface area (TPSA) is 95.9 Å². The highest BCUT2D eigenvalue weighted by molar-refractivity contribution is 8.08. The molecule has 2 rings (SSSR count). The van der Waals surface area contributed by atoms with E-state index in [1.807, 2.05) is 30.3 Å². The van der Waals surface area contributed by atoms with E-state index in [-0.39, 0.29) is 17.9 Å². The van der Waals surface area contributed by atoms with Gasteiger partial charge in [0.1, 0.15) is 5.75 Å². The molecule has 152 valence electrons. The Labute approximate surface area is 169 Å². The first-order chi connectivity index (χ1) is 13.5. The van der Waals surface area contributed by atoms with E-state index in [2.05, 4.69) is 0 Å². The zero-order chi connectivity index (χ0) is 20.4. The van der Waals surface area contributed by atoms with E-state index in [0.717, 1.165) is 5.56 Å². The van der Waals surface area contributed by atoms with Gasteiger partial charge in [0, 0.05) is 12.2 Å². The maximum absolute atomic E-state index is 13.1. The SMILES string of the molecule is COc1ccc(S(=O)(=O)N(Cc2ccccc2)SCCCCC(=O)NO)cc1. The molecule has 0 aliphatic heterocycles. The minimum absolute atomic E-state index is 0.191. The number of ether oxygens (including phenoxy) is 1. The molecule has 28 heavy (non-hydrogen) atoms. The molecule has 0 fully saturated rings. The molecular formula is C19H24N2O5S2. The minimum atomic E-state index is -3.71. The maximum Gasteiger partial charge on any atom is 0.252 e. The number of unbranched alkanes of at least 4 members (excludes halogenated alkanes) is 1. The van der Waals surface area contributed by atoms with Crippen molar-refractivity contribution in [3.8, 4) is 5.75 Å². The Morgan fingerprint density at radius 3 is 2.39 bits per heavy atom. The average molecular weight is 425 g/mol. The van der Waals surface area contributed by atoms with Crippen LogP contribution in [-0.4, -0.2) is 36.1 Å². The van der Waals surface area contributed by atoms with E-state index in [1.165, 1.54) is 34.9 Å². The summed E-state index contributed by atoms with van der Waals surface area (Å²) < 4.78 is 32.7. The van der Waals surface area contributed by atoms with E-state index in [0.29, 0.717) is 24.3 Å². The van der Waals surface area contributed by atoms with Gasteiger partial charge in [-0.1, -0.05) is 42.3 Å². The minimum Gasteiger partial charge on any atom is -0.497 e. The molecule has 0 unspecified atom stereocenters. The van der Waals surface area contributed by atoms with Crippen LogP contribution in [0, 0.1) is 0 Å². The number of methoxy groups -OCH3 is 1. The molecule has 2 aromatic rings. The molecule has 0 saturated heterocycles. The van der Waals surface area contributed by atoms with Crippen molar-refractivity contribution in [1.82, 2.24) is 9.19 Å². The third-order valence-corrected chi connectivity index (χ3v) is 7.26. The summed E-state index contributed by atoms with van der Waals surface area (Å²) in [6, 6.07) is 15.7. The van der Waals surface area contributed by atoms with Crippen molar-refractivity contribution in [3.63, 3.8) is 0 Å². The van der Waals surface area contributed by atoms with Crippen molar-refractivity contribution < 1.29 is 23.2 Å². The van der Waals surface area contributed by atoms with Gasteiger partial charge in [-0.15, -0.1) is 3.71 Å². The van der Waals surface area contributed by atoms with Crippen molar-refractivity contribution >= 4 is 27.9 Å². The van der Waals surface area contributed by atoms with Gasteiger partial charge in [-0.2, -0.15) is 0 Å². The summed E-state index contributed by atoms with van der Waals surface area (Å²) in [5, 5.41) is 8.51. The van der Waals surface area contributed by atoms with Gasteiger partial charge in [0.05, 0.1) is 18.6 Å². The van der Waals surface area contributed by atoms with Gasteiger partial charge in [0.15, 0.2) is 0 Å². The highest BCUT2D eigenvalue weighted by Crippen LogP contribution is 2.27. The van der Waals surface area contributed by atoms with E-state index >= 15 is 0 Å². The Morgan fingerprint density at radius 2 is 1.79 bits per heavy atom. The lowest BCUT2D eigenvalue weighted by Gasteiger charge is -2.21. The smallest absolute Gasteiger partial charge is 0.252 e. The Balaban J connectivity index is 2.10. The van der Waals surface area contributed by atoms with Crippen molar-refractivity contribution in [2.45, 2.75) is 30.7 Å². The molecule has 1 amide bonds. The number of hydrogen-bond donors (Lipinski definition) is 2. The fourth-order valence-electron chi connectivity index (χ4n) is 2.41. The highest BCUT2D eigenvalue weighted by atomic mass is 32.3.